The molecule has 0 aliphatic rings. The van der Waals surface area contributed by atoms with Gasteiger partial charge in [0.2, 0.25) is 0 Å². The fraction of sp³-hybridized carbons (Fsp3) is 0.400. The average Bonchev–Trinajstić information content (AvgIpc) is 2.38. The van der Waals surface area contributed by atoms with Crippen LogP contribution in [-0.4, -0.2) is 20.8 Å². The first-order valence-corrected chi connectivity index (χ1v) is 8.27. The molecule has 1 atom stereocenters. The van der Waals surface area contributed by atoms with Crippen LogP contribution in [0.2, 0.25) is 5.02 Å². The van der Waals surface area contributed by atoms with E-state index in [1.54, 1.807) is 12.1 Å². The summed E-state index contributed by atoms with van der Waals surface area (Å²) >= 11 is 4.83. The number of pyridine rings is 1. The van der Waals surface area contributed by atoms with E-state index in [4.69, 9.17) is 11.6 Å². The Labute approximate surface area is 132 Å². The monoisotopic (exact) mass is 326 g/mol. The summed E-state index contributed by atoms with van der Waals surface area (Å²) in [6.07, 6.45) is 0.513. The van der Waals surface area contributed by atoms with Crippen molar-refractivity contribution in [1.29, 1.82) is 0 Å². The van der Waals surface area contributed by atoms with Crippen molar-refractivity contribution in [3.05, 3.63) is 45.2 Å². The summed E-state index contributed by atoms with van der Waals surface area (Å²) in [5.74, 6) is 0. The smallest absolute Gasteiger partial charge is 0.251 e. The zero-order chi connectivity index (χ0) is 15.6. The quantitative estimate of drug-likeness (QED) is 0.849. The van der Waals surface area contributed by atoms with Crippen molar-refractivity contribution in [3.63, 3.8) is 0 Å². The van der Waals surface area contributed by atoms with E-state index in [-0.39, 0.29) is 10.3 Å². The van der Waals surface area contributed by atoms with Gasteiger partial charge in [-0.25, -0.2) is 0 Å². The second-order valence-corrected chi connectivity index (χ2v) is 8.37. The van der Waals surface area contributed by atoms with Crippen LogP contribution in [0, 0.1) is 0 Å². The van der Waals surface area contributed by atoms with Crippen LogP contribution < -0.4 is 10.3 Å². The molecule has 0 saturated carbocycles. The first-order valence-electron chi connectivity index (χ1n) is 6.74. The maximum absolute atomic E-state index is 12.0. The van der Waals surface area contributed by atoms with Gasteiger partial charge in [0.1, 0.15) is 4.75 Å². The number of aromatic nitrogens is 1. The number of hydrogen-bond donors (Lipinski definition) is 2. The summed E-state index contributed by atoms with van der Waals surface area (Å²) in [4.78, 5) is 14.8. The first-order chi connectivity index (χ1) is 9.77. The Kier molecular flexibility index (Phi) is 4.99. The minimum absolute atomic E-state index is 0.117. The average molecular weight is 327 g/mol. The Balaban J connectivity index is 2.12. The van der Waals surface area contributed by atoms with Gasteiger partial charge in [0.15, 0.2) is 0 Å². The molecule has 1 aromatic heterocycles. The maximum Gasteiger partial charge on any atom is 0.251 e. The highest BCUT2D eigenvalue weighted by Gasteiger charge is 2.25. The molecule has 114 valence electrons. The summed E-state index contributed by atoms with van der Waals surface area (Å²) in [7, 11) is 0. The van der Waals surface area contributed by atoms with Crippen molar-refractivity contribution in [3.8, 4) is 0 Å². The largest absolute Gasteiger partial charge is 0.598 e. The Hall–Kier alpha value is -1.01. The number of aromatic amines is 1. The number of H-pyrrole nitrogens is 1. The molecule has 2 N–H and O–H groups in total. The Morgan fingerprint density at radius 3 is 2.71 bits per heavy atom. The Morgan fingerprint density at radius 1 is 1.33 bits per heavy atom. The Morgan fingerprint density at radius 2 is 2.05 bits per heavy atom. The third kappa shape index (κ3) is 4.23. The fourth-order valence-corrected chi connectivity index (χ4v) is 2.80. The van der Waals surface area contributed by atoms with E-state index in [0.29, 0.717) is 23.6 Å². The summed E-state index contributed by atoms with van der Waals surface area (Å²) in [5, 5.41) is 1.53. The molecular weight excluding hydrogens is 308 g/mol. The topological polar surface area (TPSA) is 67.9 Å². The molecule has 21 heavy (non-hydrogen) atoms. The molecule has 1 aromatic carbocycles. The molecule has 6 heteroatoms. The lowest BCUT2D eigenvalue weighted by molar-refractivity contribution is 0.544. The lowest BCUT2D eigenvalue weighted by Gasteiger charge is -2.23. The molecule has 2 rings (SSSR count). The van der Waals surface area contributed by atoms with Crippen LogP contribution in [0.1, 0.15) is 26.3 Å². The SMILES string of the molecule is CC(C)(C)[S+]([O-])NCCc1cc2cc(Cl)ccc2[nH]c1=O. The van der Waals surface area contributed by atoms with Crippen molar-refractivity contribution < 1.29 is 4.55 Å². The number of benzene rings is 1. The second-order valence-electron chi connectivity index (χ2n) is 5.88. The van der Waals surface area contributed by atoms with E-state index in [0.717, 1.165) is 10.9 Å². The predicted octanol–water partition coefficient (Wildman–Crippen LogP) is 2.78. The molecule has 1 unspecified atom stereocenters. The van der Waals surface area contributed by atoms with Crippen LogP contribution in [0.4, 0.5) is 0 Å². The van der Waals surface area contributed by atoms with Gasteiger partial charge in [0.05, 0.1) is 0 Å². The van der Waals surface area contributed by atoms with E-state index in [1.807, 2.05) is 32.9 Å². The molecule has 0 bridgehead atoms. The normalized spacial score (nSPS) is 13.6. The second kappa shape index (κ2) is 6.40. The van der Waals surface area contributed by atoms with Gasteiger partial charge in [-0.1, -0.05) is 11.6 Å². The van der Waals surface area contributed by atoms with E-state index in [2.05, 4.69) is 9.71 Å². The molecule has 0 fully saturated rings. The lowest BCUT2D eigenvalue weighted by atomic mass is 10.1. The predicted molar refractivity (Wildman–Crippen MR) is 89.2 cm³/mol. The zero-order valence-corrected chi connectivity index (χ0v) is 13.9. The standard InChI is InChI=1S/C15H19ClN2O2S/c1-15(2,3)21(20)17-7-6-10-8-11-9-12(16)4-5-13(11)18-14(10)19/h4-5,8-9,17H,6-7H2,1-3H3,(H,18,19). The molecule has 2 aromatic rings. The molecular formula is C15H19ClN2O2S. The molecule has 0 aliphatic carbocycles. The highest BCUT2D eigenvalue weighted by molar-refractivity contribution is 7.90. The molecule has 0 aliphatic heterocycles. The van der Waals surface area contributed by atoms with Gasteiger partial charge in [0, 0.05) is 34.0 Å². The highest BCUT2D eigenvalue weighted by atomic mass is 35.5. The van der Waals surface area contributed by atoms with Crippen LogP contribution in [0.15, 0.2) is 29.1 Å². The van der Waals surface area contributed by atoms with Gasteiger partial charge in [-0.2, -0.15) is 0 Å². The van der Waals surface area contributed by atoms with E-state index in [1.165, 1.54) is 0 Å². The number of hydrogen-bond acceptors (Lipinski definition) is 3. The van der Waals surface area contributed by atoms with Crippen molar-refractivity contribution >= 4 is 33.9 Å². The summed E-state index contributed by atoms with van der Waals surface area (Å²) in [5.41, 5.74) is 1.30. The minimum Gasteiger partial charge on any atom is -0.598 e. The van der Waals surface area contributed by atoms with Crippen molar-refractivity contribution in [2.75, 3.05) is 6.54 Å². The zero-order valence-electron chi connectivity index (χ0n) is 12.3. The van der Waals surface area contributed by atoms with Crippen molar-refractivity contribution in [1.82, 2.24) is 9.71 Å². The molecule has 0 amide bonds. The van der Waals surface area contributed by atoms with Crippen molar-refractivity contribution in [2.45, 2.75) is 31.9 Å². The molecule has 4 nitrogen and oxygen atoms in total. The van der Waals surface area contributed by atoms with Crippen LogP contribution in [0.5, 0.6) is 0 Å². The molecule has 0 saturated heterocycles. The van der Waals surface area contributed by atoms with E-state index in [9.17, 15) is 9.35 Å². The van der Waals surface area contributed by atoms with Crippen LogP contribution in [-0.2, 0) is 17.8 Å². The summed E-state index contributed by atoms with van der Waals surface area (Å²) in [6, 6.07) is 7.18. The van der Waals surface area contributed by atoms with Crippen molar-refractivity contribution in [2.24, 2.45) is 0 Å². The lowest BCUT2D eigenvalue weighted by Crippen LogP contribution is -2.40. The van der Waals surface area contributed by atoms with Gasteiger partial charge in [-0.15, -0.1) is 4.72 Å². The highest BCUT2D eigenvalue weighted by Crippen LogP contribution is 2.17. The van der Waals surface area contributed by atoms with Gasteiger partial charge < -0.3 is 9.54 Å². The van der Waals surface area contributed by atoms with Crippen LogP contribution >= 0.6 is 11.6 Å². The van der Waals surface area contributed by atoms with E-state index >= 15 is 0 Å². The third-order valence-electron chi connectivity index (χ3n) is 3.07. The van der Waals surface area contributed by atoms with Crippen LogP contribution in [0.25, 0.3) is 10.9 Å². The van der Waals surface area contributed by atoms with Crippen LogP contribution in [0.3, 0.4) is 0 Å². The van der Waals surface area contributed by atoms with Gasteiger partial charge in [0.25, 0.3) is 5.56 Å². The van der Waals surface area contributed by atoms with E-state index < -0.39 is 11.4 Å². The first kappa shape index (κ1) is 16.4. The van der Waals surface area contributed by atoms with Gasteiger partial charge in [-0.05, 0) is 56.8 Å². The maximum atomic E-state index is 12.0. The molecule has 0 radical (unpaired) electrons. The molecule has 1 heterocycles. The fourth-order valence-electron chi connectivity index (χ4n) is 1.90. The number of nitrogens with one attached hydrogen (secondary N) is 2. The minimum atomic E-state index is -1.13. The number of rotatable bonds is 4. The molecule has 0 spiro atoms. The Bertz CT molecular complexity index is 694. The number of fused-ring (bicyclic) bond motifs is 1. The summed E-state index contributed by atoms with van der Waals surface area (Å²) < 4.78 is 14.5. The summed E-state index contributed by atoms with van der Waals surface area (Å²) in [6.45, 7) is 6.20. The number of halogens is 1. The van der Waals surface area contributed by atoms with Gasteiger partial charge >= 0.3 is 0 Å². The van der Waals surface area contributed by atoms with Gasteiger partial charge in [-0.3, -0.25) is 4.79 Å². The third-order valence-corrected chi connectivity index (χ3v) is 4.88.